The molecule has 0 aliphatic heterocycles. The molecule has 0 atom stereocenters. The Bertz CT molecular complexity index is 559. The highest BCUT2D eigenvalue weighted by Gasteiger charge is 2.11. The van der Waals surface area contributed by atoms with Gasteiger partial charge in [-0.2, -0.15) is 0 Å². The van der Waals surface area contributed by atoms with Crippen LogP contribution in [-0.2, 0) is 12.8 Å². The van der Waals surface area contributed by atoms with Crippen molar-refractivity contribution in [1.29, 1.82) is 0 Å². The third kappa shape index (κ3) is 2.19. The van der Waals surface area contributed by atoms with Crippen molar-refractivity contribution < 1.29 is 10.2 Å². The second-order valence-electron chi connectivity index (χ2n) is 4.36. The zero-order valence-corrected chi connectivity index (χ0v) is 10.8. The van der Waals surface area contributed by atoms with Crippen molar-refractivity contribution in [1.82, 2.24) is 0 Å². The number of phenolic OH excluding ortho intramolecular Hbond substituents is 2. The molecular weight excluding hydrogens is 224 g/mol. The first kappa shape index (κ1) is 12.5. The Labute approximate surface area is 108 Å². The first-order valence-corrected chi connectivity index (χ1v) is 6.30. The minimum atomic E-state index is 0.227. The van der Waals surface area contributed by atoms with E-state index in [1.807, 2.05) is 31.2 Å². The topological polar surface area (TPSA) is 40.5 Å². The van der Waals surface area contributed by atoms with E-state index >= 15 is 0 Å². The quantitative estimate of drug-likeness (QED) is 0.802. The summed E-state index contributed by atoms with van der Waals surface area (Å²) < 4.78 is 0. The Hall–Kier alpha value is -1.96. The number of hydrogen-bond donors (Lipinski definition) is 2. The Balaban J connectivity index is 2.61. The van der Waals surface area contributed by atoms with Crippen molar-refractivity contribution in [2.24, 2.45) is 0 Å². The van der Waals surface area contributed by atoms with Gasteiger partial charge in [-0.3, -0.25) is 0 Å². The van der Waals surface area contributed by atoms with Crippen molar-refractivity contribution in [2.45, 2.75) is 26.7 Å². The summed E-state index contributed by atoms with van der Waals surface area (Å²) in [5.41, 5.74) is 3.61. The number of rotatable bonds is 3. The van der Waals surface area contributed by atoms with Gasteiger partial charge in [0.1, 0.15) is 11.5 Å². The SMILES string of the molecule is CCc1cc(O)c(-c2ccccc2CC)cc1O. The second-order valence-corrected chi connectivity index (χ2v) is 4.36. The lowest BCUT2D eigenvalue weighted by molar-refractivity contribution is 0.456. The maximum Gasteiger partial charge on any atom is 0.123 e. The van der Waals surface area contributed by atoms with E-state index in [9.17, 15) is 10.2 Å². The molecule has 0 saturated carbocycles. The molecule has 0 aromatic heterocycles. The van der Waals surface area contributed by atoms with E-state index in [1.165, 1.54) is 0 Å². The molecule has 0 amide bonds. The minimum absolute atomic E-state index is 0.227. The molecule has 2 N–H and O–H groups in total. The van der Waals surface area contributed by atoms with E-state index in [0.29, 0.717) is 12.0 Å². The van der Waals surface area contributed by atoms with Crippen LogP contribution in [0.1, 0.15) is 25.0 Å². The van der Waals surface area contributed by atoms with Gasteiger partial charge in [0.2, 0.25) is 0 Å². The molecule has 2 aromatic rings. The highest BCUT2D eigenvalue weighted by atomic mass is 16.3. The van der Waals surface area contributed by atoms with Crippen LogP contribution >= 0.6 is 0 Å². The number of hydrogen-bond acceptors (Lipinski definition) is 2. The largest absolute Gasteiger partial charge is 0.508 e. The van der Waals surface area contributed by atoms with Crippen LogP contribution in [0.25, 0.3) is 11.1 Å². The number of aromatic hydroxyl groups is 2. The molecule has 0 fully saturated rings. The molecule has 18 heavy (non-hydrogen) atoms. The van der Waals surface area contributed by atoms with Gasteiger partial charge in [-0.25, -0.2) is 0 Å². The summed E-state index contributed by atoms with van der Waals surface area (Å²) >= 11 is 0. The lowest BCUT2D eigenvalue weighted by Gasteiger charge is -2.12. The molecule has 94 valence electrons. The molecule has 0 aliphatic carbocycles. The maximum atomic E-state index is 10.1. The van der Waals surface area contributed by atoms with Gasteiger partial charge in [0, 0.05) is 5.56 Å². The van der Waals surface area contributed by atoms with Crippen molar-refractivity contribution in [3.63, 3.8) is 0 Å². The van der Waals surface area contributed by atoms with Gasteiger partial charge >= 0.3 is 0 Å². The van der Waals surface area contributed by atoms with Crippen LogP contribution in [0.3, 0.4) is 0 Å². The summed E-state index contributed by atoms with van der Waals surface area (Å²) in [5.74, 6) is 0.474. The van der Waals surface area contributed by atoms with Crippen molar-refractivity contribution in [3.8, 4) is 22.6 Å². The molecule has 0 saturated heterocycles. The third-order valence-corrected chi connectivity index (χ3v) is 3.27. The van der Waals surface area contributed by atoms with Gasteiger partial charge in [-0.1, -0.05) is 38.1 Å². The normalized spacial score (nSPS) is 10.6. The molecule has 2 nitrogen and oxygen atoms in total. The fourth-order valence-corrected chi connectivity index (χ4v) is 2.21. The van der Waals surface area contributed by atoms with Gasteiger partial charge in [0.05, 0.1) is 0 Å². The number of phenols is 2. The second kappa shape index (κ2) is 5.13. The summed E-state index contributed by atoms with van der Waals surface area (Å²) in [7, 11) is 0. The van der Waals surface area contributed by atoms with Crippen LogP contribution in [0.2, 0.25) is 0 Å². The fourth-order valence-electron chi connectivity index (χ4n) is 2.21. The summed E-state index contributed by atoms with van der Waals surface area (Å²) in [4.78, 5) is 0. The molecule has 2 aromatic carbocycles. The molecule has 0 spiro atoms. The van der Waals surface area contributed by atoms with Gasteiger partial charge in [-0.15, -0.1) is 0 Å². The van der Waals surface area contributed by atoms with Crippen LogP contribution in [-0.4, -0.2) is 10.2 Å². The average Bonchev–Trinajstić information content (AvgIpc) is 2.41. The Morgan fingerprint density at radius 2 is 1.44 bits per heavy atom. The maximum absolute atomic E-state index is 10.1. The van der Waals surface area contributed by atoms with Crippen molar-refractivity contribution in [3.05, 3.63) is 47.5 Å². The van der Waals surface area contributed by atoms with Gasteiger partial charge in [-0.05, 0) is 41.7 Å². The van der Waals surface area contributed by atoms with E-state index in [2.05, 4.69) is 6.92 Å². The van der Waals surface area contributed by atoms with E-state index in [1.54, 1.807) is 12.1 Å². The van der Waals surface area contributed by atoms with Crippen LogP contribution in [0, 0.1) is 0 Å². The Morgan fingerprint density at radius 1 is 0.778 bits per heavy atom. The third-order valence-electron chi connectivity index (χ3n) is 3.27. The van der Waals surface area contributed by atoms with Crippen LogP contribution in [0.15, 0.2) is 36.4 Å². The van der Waals surface area contributed by atoms with Crippen molar-refractivity contribution >= 4 is 0 Å². The molecule has 0 bridgehead atoms. The van der Waals surface area contributed by atoms with Crippen molar-refractivity contribution in [2.75, 3.05) is 0 Å². The molecule has 2 rings (SSSR count). The van der Waals surface area contributed by atoms with Gasteiger partial charge in [0.25, 0.3) is 0 Å². The molecule has 0 radical (unpaired) electrons. The first-order chi connectivity index (χ1) is 8.67. The lowest BCUT2D eigenvalue weighted by atomic mass is 9.95. The van der Waals surface area contributed by atoms with Crippen LogP contribution < -0.4 is 0 Å². The van der Waals surface area contributed by atoms with E-state index in [4.69, 9.17) is 0 Å². The summed E-state index contributed by atoms with van der Waals surface area (Å²) in [5, 5.41) is 20.0. The lowest BCUT2D eigenvalue weighted by Crippen LogP contribution is -1.90. The van der Waals surface area contributed by atoms with E-state index in [-0.39, 0.29) is 11.5 Å². The Kier molecular flexibility index (Phi) is 3.56. The molecule has 0 unspecified atom stereocenters. The molecule has 2 heteroatoms. The average molecular weight is 242 g/mol. The highest BCUT2D eigenvalue weighted by Crippen LogP contribution is 2.36. The minimum Gasteiger partial charge on any atom is -0.508 e. The van der Waals surface area contributed by atoms with Crippen LogP contribution in [0.5, 0.6) is 11.5 Å². The predicted octanol–water partition coefficient (Wildman–Crippen LogP) is 3.89. The zero-order chi connectivity index (χ0) is 13.1. The number of benzene rings is 2. The molecular formula is C16H18O2. The molecule has 0 heterocycles. The predicted molar refractivity (Wildman–Crippen MR) is 74.0 cm³/mol. The van der Waals surface area contributed by atoms with E-state index in [0.717, 1.165) is 23.1 Å². The Morgan fingerprint density at radius 3 is 2.11 bits per heavy atom. The standard InChI is InChI=1S/C16H18O2/c1-3-11-7-5-6-8-13(11)14-10-15(17)12(4-2)9-16(14)18/h5-10,17-18H,3-4H2,1-2H3. The van der Waals surface area contributed by atoms with Gasteiger partial charge < -0.3 is 10.2 Å². The highest BCUT2D eigenvalue weighted by molar-refractivity contribution is 5.75. The monoisotopic (exact) mass is 242 g/mol. The van der Waals surface area contributed by atoms with Gasteiger partial charge in [0.15, 0.2) is 0 Å². The fraction of sp³-hybridized carbons (Fsp3) is 0.250. The summed E-state index contributed by atoms with van der Waals surface area (Å²) in [6.45, 7) is 4.03. The molecule has 0 aliphatic rings. The summed E-state index contributed by atoms with van der Waals surface area (Å²) in [6, 6.07) is 11.2. The first-order valence-electron chi connectivity index (χ1n) is 6.30. The zero-order valence-electron chi connectivity index (χ0n) is 10.8. The van der Waals surface area contributed by atoms with E-state index < -0.39 is 0 Å². The number of aryl methyl sites for hydroxylation is 2. The smallest absolute Gasteiger partial charge is 0.123 e. The summed E-state index contributed by atoms with van der Waals surface area (Å²) in [6.07, 6.45) is 1.60. The van der Waals surface area contributed by atoms with Crippen LogP contribution in [0.4, 0.5) is 0 Å².